The number of amides is 1. The summed E-state index contributed by atoms with van der Waals surface area (Å²) in [5.74, 6) is 3.93. The molecule has 7 rings (SSSR count). The number of rotatable bonds is 11. The molecule has 4 aromatic rings. The van der Waals surface area contributed by atoms with Crippen LogP contribution in [0.25, 0.3) is 32.9 Å². The van der Waals surface area contributed by atoms with Crippen LogP contribution in [0.2, 0.25) is 16.6 Å². The van der Waals surface area contributed by atoms with E-state index in [0.717, 1.165) is 18.5 Å². The van der Waals surface area contributed by atoms with E-state index in [1.165, 1.54) is 6.07 Å². The summed E-state index contributed by atoms with van der Waals surface area (Å²) in [6.45, 7) is 24.3. The van der Waals surface area contributed by atoms with E-state index in [1.807, 2.05) is 38.6 Å². The third kappa shape index (κ3) is 7.35. The second-order valence-corrected chi connectivity index (χ2v) is 24.6. The maximum atomic E-state index is 18.0. The number of carbonyl (C=O) groups excluding carboxylic acids is 1. The van der Waals surface area contributed by atoms with Crippen LogP contribution in [0.4, 0.5) is 19.4 Å². The average molecular weight is 814 g/mol. The molecule has 312 valence electrons. The second kappa shape index (κ2) is 15.4. The molecule has 2 saturated carbocycles. The lowest BCUT2D eigenvalue weighted by Gasteiger charge is -2.38. The third-order valence-corrected chi connectivity index (χ3v) is 19.2. The van der Waals surface area contributed by atoms with Crippen LogP contribution in [0, 0.1) is 34.9 Å². The van der Waals surface area contributed by atoms with Crippen molar-refractivity contribution in [1.82, 2.24) is 19.7 Å². The number of likely N-dealkylation sites (tertiary alicyclic amines) is 1. The highest BCUT2D eigenvalue weighted by molar-refractivity contribution is 6.90. The summed E-state index contributed by atoms with van der Waals surface area (Å²) in [5, 5.41) is 7.10. The van der Waals surface area contributed by atoms with Crippen molar-refractivity contribution in [3.63, 3.8) is 0 Å². The number of hydrogen-bond acceptors (Lipinski definition) is 7. The number of aromatic nitrogens is 3. The van der Waals surface area contributed by atoms with Gasteiger partial charge in [0, 0.05) is 50.2 Å². The highest BCUT2D eigenvalue weighted by Crippen LogP contribution is 2.60. The first-order valence-electron chi connectivity index (χ1n) is 21.0. The van der Waals surface area contributed by atoms with Crippen molar-refractivity contribution in [2.75, 3.05) is 38.9 Å². The number of benzene rings is 2. The molecule has 2 aromatic carbocycles. The van der Waals surface area contributed by atoms with Gasteiger partial charge in [-0.05, 0) is 99.5 Å². The Morgan fingerprint density at radius 3 is 2.17 bits per heavy atom. The zero-order valence-corrected chi connectivity index (χ0v) is 37.6. The fraction of sp³-hybridized carbons (Fsp3) is 0.587. The molecule has 2 aliphatic carbocycles. The van der Waals surface area contributed by atoms with Crippen molar-refractivity contribution < 1.29 is 27.8 Å². The van der Waals surface area contributed by atoms with E-state index in [-0.39, 0.29) is 54.0 Å². The van der Waals surface area contributed by atoms with Gasteiger partial charge in [0.2, 0.25) is 0 Å². The van der Waals surface area contributed by atoms with Crippen LogP contribution < -0.4 is 9.64 Å². The first-order valence-corrected chi connectivity index (χ1v) is 23.3. The van der Waals surface area contributed by atoms with E-state index < -0.39 is 25.3 Å². The maximum absolute atomic E-state index is 18.0. The lowest BCUT2D eigenvalue weighted by atomic mass is 9.95. The number of ether oxygens (including phenoxy) is 3. The molecule has 0 spiro atoms. The summed E-state index contributed by atoms with van der Waals surface area (Å²) < 4.78 is 53.2. The van der Waals surface area contributed by atoms with Gasteiger partial charge in [0.15, 0.2) is 12.6 Å². The number of pyridine rings is 1. The maximum Gasteiger partial charge on any atom is 0.410 e. The summed E-state index contributed by atoms with van der Waals surface area (Å²) in [6.07, 6.45) is 1.49. The molecular formula is C46H61F2N5O4Si. The van der Waals surface area contributed by atoms with Gasteiger partial charge in [-0.2, -0.15) is 5.10 Å². The molecule has 0 bridgehead atoms. The standard InChI is InChI=1S/C46H61F2N5O4Si/c1-25(2)51(12)44-39-42(38-34-22-52(23-35(34)38)45(54)57-46(9,10)11)50-53(30-15-16-30)43(39)40(48)41(49-44)33-21-31(56-24-55-13)20-29-14-17-36(47)32(37(29)33)18-19-58(26(3)4,27(5)6)28(7)8/h14,17,20-21,25-28,30,34-35,38H,15-16,22-24H2,1-13H3/t34-,35+,38?. The lowest BCUT2D eigenvalue weighted by molar-refractivity contribution is 0.0270. The van der Waals surface area contributed by atoms with Crippen molar-refractivity contribution in [2.24, 2.45) is 11.8 Å². The Morgan fingerprint density at radius 1 is 0.983 bits per heavy atom. The van der Waals surface area contributed by atoms with Gasteiger partial charge < -0.3 is 24.0 Å². The molecule has 1 unspecified atom stereocenters. The molecule has 2 aromatic heterocycles. The lowest BCUT2D eigenvalue weighted by Crippen LogP contribution is -2.43. The van der Waals surface area contributed by atoms with Crippen LogP contribution >= 0.6 is 0 Å². The van der Waals surface area contributed by atoms with Crippen LogP contribution in [0.1, 0.15) is 112 Å². The third-order valence-electron chi connectivity index (χ3n) is 12.9. The quantitative estimate of drug-likeness (QED) is 0.0847. The van der Waals surface area contributed by atoms with Gasteiger partial charge in [0.25, 0.3) is 0 Å². The molecule has 9 nitrogen and oxygen atoms in total. The number of halogens is 2. The molecule has 1 saturated heterocycles. The van der Waals surface area contributed by atoms with Gasteiger partial charge in [-0.25, -0.2) is 18.6 Å². The fourth-order valence-corrected chi connectivity index (χ4v) is 14.9. The Hall–Kier alpha value is -4.21. The largest absolute Gasteiger partial charge is 0.468 e. The summed E-state index contributed by atoms with van der Waals surface area (Å²) in [7, 11) is 1.24. The van der Waals surface area contributed by atoms with Crippen molar-refractivity contribution >= 4 is 41.7 Å². The minimum Gasteiger partial charge on any atom is -0.468 e. The minimum absolute atomic E-state index is 0.0145. The summed E-state index contributed by atoms with van der Waals surface area (Å²) in [5.41, 5.74) is 6.13. The Kier molecular flexibility index (Phi) is 11.2. The van der Waals surface area contributed by atoms with Gasteiger partial charge in [-0.3, -0.25) is 4.68 Å². The van der Waals surface area contributed by atoms with Gasteiger partial charge in [-0.1, -0.05) is 53.5 Å². The van der Waals surface area contributed by atoms with E-state index >= 15 is 8.78 Å². The van der Waals surface area contributed by atoms with Crippen LogP contribution in [0.3, 0.4) is 0 Å². The molecule has 0 radical (unpaired) electrons. The van der Waals surface area contributed by atoms with Crippen molar-refractivity contribution in [1.29, 1.82) is 0 Å². The molecule has 3 fully saturated rings. The van der Waals surface area contributed by atoms with Crippen molar-refractivity contribution in [2.45, 2.75) is 129 Å². The highest BCUT2D eigenvalue weighted by Gasteiger charge is 2.60. The zero-order valence-electron chi connectivity index (χ0n) is 36.6. The zero-order chi connectivity index (χ0) is 42.2. The van der Waals surface area contributed by atoms with Gasteiger partial charge in [0.05, 0.1) is 22.7 Å². The first-order chi connectivity index (χ1) is 27.3. The van der Waals surface area contributed by atoms with Gasteiger partial charge in [-0.15, -0.1) is 5.54 Å². The van der Waals surface area contributed by atoms with E-state index in [0.29, 0.717) is 68.5 Å². The molecule has 1 aliphatic heterocycles. The number of methoxy groups -OCH3 is 1. The van der Waals surface area contributed by atoms with E-state index in [1.54, 1.807) is 24.1 Å². The Morgan fingerprint density at radius 2 is 1.62 bits per heavy atom. The van der Waals surface area contributed by atoms with E-state index in [9.17, 15) is 4.79 Å². The minimum atomic E-state index is -2.28. The van der Waals surface area contributed by atoms with Crippen LogP contribution in [-0.2, 0) is 9.47 Å². The number of hydrogen-bond donors (Lipinski definition) is 0. The highest BCUT2D eigenvalue weighted by atomic mass is 28.3. The molecule has 3 heterocycles. The molecular weight excluding hydrogens is 753 g/mol. The van der Waals surface area contributed by atoms with E-state index in [2.05, 4.69) is 71.8 Å². The topological polar surface area (TPSA) is 82.0 Å². The molecule has 12 heteroatoms. The summed E-state index contributed by atoms with van der Waals surface area (Å²) in [4.78, 5) is 22.1. The van der Waals surface area contributed by atoms with Gasteiger partial charge >= 0.3 is 6.09 Å². The smallest absolute Gasteiger partial charge is 0.410 e. The molecule has 3 atom stereocenters. The number of anilines is 1. The molecule has 3 aliphatic rings. The van der Waals surface area contributed by atoms with Crippen molar-refractivity contribution in [3.05, 3.63) is 47.2 Å². The SMILES string of the molecule is COCOc1cc(-c2nc(N(C)C(C)C)c3c(C4[C@H]5CN(C(=O)OC(C)(C)C)C[C@@H]45)nn(C4CC4)c3c2F)c2c(C#C[Si](C(C)C)(C(C)C)C(C)C)c(F)ccc2c1. The van der Waals surface area contributed by atoms with Gasteiger partial charge in [0.1, 0.15) is 42.3 Å². The van der Waals surface area contributed by atoms with Crippen molar-refractivity contribution in [3.8, 4) is 28.5 Å². The Bertz CT molecular complexity index is 2270. The average Bonchev–Trinajstić information content (AvgIpc) is 4.02. The number of nitrogens with zero attached hydrogens (tertiary/aromatic N) is 5. The summed E-state index contributed by atoms with van der Waals surface area (Å²) >= 11 is 0. The number of piperidine rings is 1. The Balaban J connectivity index is 1.46. The monoisotopic (exact) mass is 813 g/mol. The molecule has 1 amide bonds. The van der Waals surface area contributed by atoms with Crippen LogP contribution in [0.15, 0.2) is 24.3 Å². The predicted octanol–water partition coefficient (Wildman–Crippen LogP) is 10.8. The van der Waals surface area contributed by atoms with E-state index in [4.69, 9.17) is 24.3 Å². The molecule has 0 N–H and O–H groups in total. The normalized spacial score (nSPS) is 19.4. The second-order valence-electron chi connectivity index (χ2n) is 19.0. The number of fused-ring (bicyclic) bond motifs is 3. The Labute approximate surface area is 343 Å². The number of carbonyl (C=O) groups is 1. The van der Waals surface area contributed by atoms with Crippen LogP contribution in [0.5, 0.6) is 5.75 Å². The van der Waals surface area contributed by atoms with Crippen LogP contribution in [-0.4, -0.2) is 79.5 Å². The fourth-order valence-electron chi connectivity index (χ4n) is 9.64. The predicted molar refractivity (Wildman–Crippen MR) is 230 cm³/mol. The molecule has 58 heavy (non-hydrogen) atoms. The summed E-state index contributed by atoms with van der Waals surface area (Å²) in [6, 6.07) is 6.79. The first kappa shape index (κ1) is 41.9.